The molecule has 1 spiro atoms. The molecule has 20 heavy (non-hydrogen) atoms. The average Bonchev–Trinajstić information content (AvgIpc) is 2.65. The van der Waals surface area contributed by atoms with Gasteiger partial charge in [-0.1, -0.05) is 49.4 Å². The topological polar surface area (TPSA) is 26.0 Å². The van der Waals surface area contributed by atoms with Gasteiger partial charge in [-0.15, -0.1) is 0 Å². The van der Waals surface area contributed by atoms with E-state index >= 15 is 0 Å². The fourth-order valence-corrected chi connectivity index (χ4v) is 4.75. The minimum Gasteiger partial charge on any atom is -0.330 e. The summed E-state index contributed by atoms with van der Waals surface area (Å²) in [5.74, 6) is -0.261. The molecule has 0 atom stereocenters. The summed E-state index contributed by atoms with van der Waals surface area (Å²) >= 11 is 5.95. The molecule has 3 rings (SSSR count). The molecule has 0 aliphatic heterocycles. The molecule has 2 fully saturated rings. The van der Waals surface area contributed by atoms with Crippen LogP contribution in [0.25, 0.3) is 0 Å². The minimum absolute atomic E-state index is 0.181. The predicted octanol–water partition coefficient (Wildman–Crippen LogP) is 4.81. The first-order valence-electron chi connectivity index (χ1n) is 7.76. The van der Waals surface area contributed by atoms with Crippen molar-refractivity contribution in [2.75, 3.05) is 6.54 Å². The molecule has 3 heteroatoms. The fourth-order valence-electron chi connectivity index (χ4n) is 4.57. The molecule has 0 heterocycles. The van der Waals surface area contributed by atoms with Crippen molar-refractivity contribution in [1.29, 1.82) is 0 Å². The Labute approximate surface area is 125 Å². The summed E-state index contributed by atoms with van der Waals surface area (Å²) in [6.07, 6.45) is 9.98. The van der Waals surface area contributed by atoms with Crippen LogP contribution in [0.3, 0.4) is 0 Å². The highest BCUT2D eigenvalue weighted by molar-refractivity contribution is 6.30. The molecule has 0 unspecified atom stereocenters. The molecular formula is C17H23ClFN. The summed E-state index contributed by atoms with van der Waals surface area (Å²) in [7, 11) is 0. The van der Waals surface area contributed by atoms with Gasteiger partial charge in [0.1, 0.15) is 5.82 Å². The highest BCUT2D eigenvalue weighted by atomic mass is 35.5. The molecule has 0 saturated heterocycles. The van der Waals surface area contributed by atoms with Gasteiger partial charge in [-0.3, -0.25) is 0 Å². The molecule has 2 aliphatic carbocycles. The molecule has 0 amide bonds. The monoisotopic (exact) mass is 295 g/mol. The van der Waals surface area contributed by atoms with Gasteiger partial charge in [-0.05, 0) is 42.7 Å². The highest BCUT2D eigenvalue weighted by Gasteiger charge is 2.54. The Morgan fingerprint density at radius 3 is 2.35 bits per heavy atom. The summed E-state index contributed by atoms with van der Waals surface area (Å²) < 4.78 is 14.4. The molecular weight excluding hydrogens is 273 g/mol. The molecule has 0 aromatic heterocycles. The number of nitrogens with two attached hydrogens (primary N) is 1. The molecule has 0 radical (unpaired) electrons. The predicted molar refractivity (Wildman–Crippen MR) is 81.5 cm³/mol. The molecule has 2 saturated carbocycles. The molecule has 2 aliphatic rings. The smallest absolute Gasteiger partial charge is 0.145 e. The van der Waals surface area contributed by atoms with E-state index in [1.807, 2.05) is 12.1 Å². The quantitative estimate of drug-likeness (QED) is 0.832. The van der Waals surface area contributed by atoms with Crippen molar-refractivity contribution in [2.24, 2.45) is 11.1 Å². The molecule has 2 N–H and O–H groups in total. The van der Waals surface area contributed by atoms with E-state index in [4.69, 9.17) is 17.3 Å². The third-order valence-electron chi connectivity index (χ3n) is 5.50. The Kier molecular flexibility index (Phi) is 3.81. The largest absolute Gasteiger partial charge is 0.330 e. The standard InChI is InChI=1S/C17H23ClFN/c18-14-7-5-6-13(15(14)19)17(12-20)10-16(11-17)8-3-1-2-4-9-16/h5-7H,1-4,8-12,20H2. The molecule has 0 bridgehead atoms. The van der Waals surface area contributed by atoms with Crippen LogP contribution in [-0.2, 0) is 5.41 Å². The maximum absolute atomic E-state index is 14.4. The molecule has 110 valence electrons. The summed E-state index contributed by atoms with van der Waals surface area (Å²) in [5.41, 5.74) is 7.02. The van der Waals surface area contributed by atoms with Crippen LogP contribution in [0.2, 0.25) is 5.02 Å². The van der Waals surface area contributed by atoms with Crippen LogP contribution >= 0.6 is 11.6 Å². The Morgan fingerprint density at radius 2 is 1.75 bits per heavy atom. The number of hydrogen-bond donors (Lipinski definition) is 1. The number of benzene rings is 1. The fraction of sp³-hybridized carbons (Fsp3) is 0.647. The average molecular weight is 296 g/mol. The lowest BCUT2D eigenvalue weighted by atomic mass is 9.48. The number of rotatable bonds is 2. The third-order valence-corrected chi connectivity index (χ3v) is 5.80. The van der Waals surface area contributed by atoms with E-state index < -0.39 is 0 Å². The van der Waals surface area contributed by atoms with Gasteiger partial charge in [0.15, 0.2) is 0 Å². The molecule has 1 nitrogen and oxygen atoms in total. The van der Waals surface area contributed by atoms with Crippen molar-refractivity contribution in [1.82, 2.24) is 0 Å². The Morgan fingerprint density at radius 1 is 1.10 bits per heavy atom. The minimum atomic E-state index is -0.261. The normalized spacial score (nSPS) is 24.1. The highest BCUT2D eigenvalue weighted by Crippen LogP contribution is 2.61. The van der Waals surface area contributed by atoms with Crippen LogP contribution in [-0.4, -0.2) is 6.54 Å². The van der Waals surface area contributed by atoms with E-state index in [1.165, 1.54) is 38.5 Å². The molecule has 1 aromatic carbocycles. The Hall–Kier alpha value is -0.600. The van der Waals surface area contributed by atoms with Crippen molar-refractivity contribution in [3.05, 3.63) is 34.6 Å². The maximum Gasteiger partial charge on any atom is 0.145 e. The number of hydrogen-bond acceptors (Lipinski definition) is 1. The van der Waals surface area contributed by atoms with Gasteiger partial charge in [0.25, 0.3) is 0 Å². The van der Waals surface area contributed by atoms with Gasteiger partial charge in [-0.2, -0.15) is 0 Å². The van der Waals surface area contributed by atoms with E-state index in [-0.39, 0.29) is 16.3 Å². The van der Waals surface area contributed by atoms with E-state index in [0.717, 1.165) is 18.4 Å². The molecule has 1 aromatic rings. The zero-order valence-corrected chi connectivity index (χ0v) is 12.7. The Balaban J connectivity index is 1.86. The van der Waals surface area contributed by atoms with Gasteiger partial charge >= 0.3 is 0 Å². The van der Waals surface area contributed by atoms with Gasteiger partial charge in [0.05, 0.1) is 5.02 Å². The van der Waals surface area contributed by atoms with Crippen LogP contribution in [0, 0.1) is 11.2 Å². The zero-order valence-electron chi connectivity index (χ0n) is 11.9. The summed E-state index contributed by atoms with van der Waals surface area (Å²) in [5, 5.41) is 0.220. The lowest BCUT2D eigenvalue weighted by Gasteiger charge is -2.57. The second-order valence-electron chi connectivity index (χ2n) is 6.85. The van der Waals surface area contributed by atoms with Crippen LogP contribution in [0.4, 0.5) is 4.39 Å². The van der Waals surface area contributed by atoms with Gasteiger partial charge in [0.2, 0.25) is 0 Å². The van der Waals surface area contributed by atoms with Gasteiger partial charge < -0.3 is 5.73 Å². The third kappa shape index (κ3) is 2.27. The first-order chi connectivity index (χ1) is 9.61. The van der Waals surface area contributed by atoms with Crippen molar-refractivity contribution in [2.45, 2.75) is 56.8 Å². The zero-order chi connectivity index (χ0) is 14.2. The lowest BCUT2D eigenvalue weighted by Crippen LogP contribution is -2.54. The van der Waals surface area contributed by atoms with Crippen LogP contribution < -0.4 is 5.73 Å². The van der Waals surface area contributed by atoms with Crippen LogP contribution in [0.5, 0.6) is 0 Å². The summed E-state index contributed by atoms with van der Waals surface area (Å²) in [4.78, 5) is 0. The second-order valence-corrected chi connectivity index (χ2v) is 7.26. The van der Waals surface area contributed by atoms with Gasteiger partial charge in [-0.25, -0.2) is 4.39 Å². The lowest BCUT2D eigenvalue weighted by molar-refractivity contribution is 0.00927. The number of halogens is 2. The van der Waals surface area contributed by atoms with Crippen molar-refractivity contribution < 1.29 is 4.39 Å². The SMILES string of the molecule is NCC1(c2cccc(Cl)c2F)CC2(CCCCCC2)C1. The van der Waals surface area contributed by atoms with Crippen molar-refractivity contribution in [3.63, 3.8) is 0 Å². The first kappa shape index (κ1) is 14.3. The second kappa shape index (κ2) is 5.31. The van der Waals surface area contributed by atoms with Gasteiger partial charge in [0, 0.05) is 12.0 Å². The van der Waals surface area contributed by atoms with Crippen molar-refractivity contribution in [3.8, 4) is 0 Å². The van der Waals surface area contributed by atoms with Crippen LogP contribution in [0.15, 0.2) is 18.2 Å². The Bertz CT molecular complexity index is 484. The van der Waals surface area contributed by atoms with Crippen LogP contribution in [0.1, 0.15) is 56.9 Å². The van der Waals surface area contributed by atoms with E-state index in [9.17, 15) is 4.39 Å². The first-order valence-corrected chi connectivity index (χ1v) is 8.13. The van der Waals surface area contributed by atoms with Crippen molar-refractivity contribution >= 4 is 11.6 Å². The summed E-state index contributed by atoms with van der Waals surface area (Å²) in [6.45, 7) is 0.520. The van der Waals surface area contributed by atoms with E-state index in [0.29, 0.717) is 12.0 Å². The van der Waals surface area contributed by atoms with E-state index in [1.54, 1.807) is 6.07 Å². The maximum atomic E-state index is 14.4. The van der Waals surface area contributed by atoms with E-state index in [2.05, 4.69) is 0 Å². The summed E-state index contributed by atoms with van der Waals surface area (Å²) in [6, 6.07) is 5.33.